The molecule has 3 heteroatoms. The van der Waals surface area contributed by atoms with Crippen molar-refractivity contribution in [3.63, 3.8) is 0 Å². The van der Waals surface area contributed by atoms with Crippen LogP contribution < -0.4 is 4.74 Å². The lowest BCUT2D eigenvalue weighted by Crippen LogP contribution is -2.02. The lowest BCUT2D eigenvalue weighted by Gasteiger charge is -2.05. The molecule has 0 aliphatic carbocycles. The lowest BCUT2D eigenvalue weighted by molar-refractivity contribution is -0.121. The molecule has 0 saturated heterocycles. The quantitative estimate of drug-likeness (QED) is 0.716. The Labute approximate surface area is 76.3 Å². The van der Waals surface area contributed by atoms with Gasteiger partial charge in [0.1, 0.15) is 5.75 Å². The minimum Gasteiger partial charge on any atom is -0.497 e. The highest BCUT2D eigenvalue weighted by Crippen LogP contribution is 2.20. The number of benzene rings is 1. The number of methoxy groups -OCH3 is 1. The standard InChI is InChI=1S/C10H11FO2/c1-7(12)10(11)8-3-5-9(13-2)6-4-8/h3-6,10H,1-2H3. The van der Waals surface area contributed by atoms with Gasteiger partial charge in [0.2, 0.25) is 0 Å². The van der Waals surface area contributed by atoms with Crippen LogP contribution in [0.1, 0.15) is 18.7 Å². The van der Waals surface area contributed by atoms with Gasteiger partial charge in [0.25, 0.3) is 0 Å². The maximum atomic E-state index is 13.1. The van der Waals surface area contributed by atoms with Gasteiger partial charge in [-0.2, -0.15) is 0 Å². The van der Waals surface area contributed by atoms with Gasteiger partial charge in [0.05, 0.1) is 7.11 Å². The Bertz CT molecular complexity index is 292. The first-order chi connectivity index (χ1) is 6.15. The van der Waals surface area contributed by atoms with Crippen molar-refractivity contribution in [3.8, 4) is 5.75 Å². The van der Waals surface area contributed by atoms with Gasteiger partial charge in [-0.3, -0.25) is 4.79 Å². The Kier molecular flexibility index (Phi) is 3.01. The van der Waals surface area contributed by atoms with Crippen molar-refractivity contribution in [2.75, 3.05) is 7.11 Å². The normalized spacial score (nSPS) is 12.2. The topological polar surface area (TPSA) is 26.3 Å². The van der Waals surface area contributed by atoms with E-state index in [4.69, 9.17) is 4.74 Å². The monoisotopic (exact) mass is 182 g/mol. The molecule has 0 fully saturated rings. The average Bonchev–Trinajstić information content (AvgIpc) is 2.17. The zero-order valence-electron chi connectivity index (χ0n) is 7.58. The molecule has 0 N–H and O–H groups in total. The number of halogens is 1. The summed E-state index contributed by atoms with van der Waals surface area (Å²) in [4.78, 5) is 10.7. The van der Waals surface area contributed by atoms with E-state index in [1.165, 1.54) is 14.0 Å². The van der Waals surface area contributed by atoms with E-state index < -0.39 is 12.0 Å². The summed E-state index contributed by atoms with van der Waals surface area (Å²) in [6.45, 7) is 1.23. The van der Waals surface area contributed by atoms with Crippen molar-refractivity contribution in [1.29, 1.82) is 0 Å². The third-order valence-electron chi connectivity index (χ3n) is 1.77. The zero-order chi connectivity index (χ0) is 9.84. The van der Waals surface area contributed by atoms with E-state index in [-0.39, 0.29) is 0 Å². The highest BCUT2D eigenvalue weighted by atomic mass is 19.1. The molecule has 0 saturated carbocycles. The maximum absolute atomic E-state index is 13.1. The van der Waals surface area contributed by atoms with Crippen LogP contribution in [0.25, 0.3) is 0 Å². The Morgan fingerprint density at radius 1 is 1.38 bits per heavy atom. The molecule has 0 aromatic heterocycles. The summed E-state index contributed by atoms with van der Waals surface area (Å²) >= 11 is 0. The lowest BCUT2D eigenvalue weighted by atomic mass is 10.1. The van der Waals surface area contributed by atoms with Crippen LogP contribution in [0.4, 0.5) is 4.39 Å². The molecule has 13 heavy (non-hydrogen) atoms. The van der Waals surface area contributed by atoms with Gasteiger partial charge >= 0.3 is 0 Å². The molecular weight excluding hydrogens is 171 g/mol. The van der Waals surface area contributed by atoms with E-state index in [9.17, 15) is 9.18 Å². The average molecular weight is 182 g/mol. The molecule has 1 unspecified atom stereocenters. The highest BCUT2D eigenvalue weighted by Gasteiger charge is 2.14. The Morgan fingerprint density at radius 3 is 2.31 bits per heavy atom. The van der Waals surface area contributed by atoms with Gasteiger partial charge in [0.15, 0.2) is 12.0 Å². The van der Waals surface area contributed by atoms with Crippen molar-refractivity contribution in [1.82, 2.24) is 0 Å². The third kappa shape index (κ3) is 2.28. The molecule has 0 aliphatic rings. The van der Waals surface area contributed by atoms with E-state index in [1.54, 1.807) is 24.3 Å². The van der Waals surface area contributed by atoms with Crippen LogP contribution in [0.2, 0.25) is 0 Å². The minimum absolute atomic E-state index is 0.369. The number of hydrogen-bond acceptors (Lipinski definition) is 2. The molecule has 0 aliphatic heterocycles. The molecule has 0 spiro atoms. The number of Topliss-reactive ketones (excluding diaryl/α,β-unsaturated/α-hetero) is 1. The van der Waals surface area contributed by atoms with E-state index in [0.717, 1.165) is 0 Å². The van der Waals surface area contributed by atoms with Gasteiger partial charge in [-0.05, 0) is 24.6 Å². The Morgan fingerprint density at radius 2 is 1.92 bits per heavy atom. The van der Waals surface area contributed by atoms with Gasteiger partial charge < -0.3 is 4.74 Å². The van der Waals surface area contributed by atoms with Crippen molar-refractivity contribution in [3.05, 3.63) is 29.8 Å². The summed E-state index contributed by atoms with van der Waals surface area (Å²) in [5, 5.41) is 0. The van der Waals surface area contributed by atoms with Crippen LogP contribution in [0.15, 0.2) is 24.3 Å². The first kappa shape index (κ1) is 9.71. The molecule has 0 amide bonds. The Balaban J connectivity index is 2.85. The second-order valence-corrected chi connectivity index (χ2v) is 2.75. The van der Waals surface area contributed by atoms with Crippen LogP contribution in [0, 0.1) is 0 Å². The van der Waals surface area contributed by atoms with Gasteiger partial charge in [-0.1, -0.05) is 12.1 Å². The van der Waals surface area contributed by atoms with Gasteiger partial charge in [-0.25, -0.2) is 4.39 Å². The second-order valence-electron chi connectivity index (χ2n) is 2.75. The largest absolute Gasteiger partial charge is 0.497 e. The number of rotatable bonds is 3. The molecule has 0 radical (unpaired) electrons. The summed E-state index contributed by atoms with van der Waals surface area (Å²) in [7, 11) is 1.53. The number of carbonyl (C=O) groups excluding carboxylic acids is 1. The molecule has 0 bridgehead atoms. The van der Waals surface area contributed by atoms with Crippen LogP contribution in [-0.2, 0) is 4.79 Å². The van der Waals surface area contributed by atoms with Crippen molar-refractivity contribution in [2.45, 2.75) is 13.1 Å². The number of carbonyl (C=O) groups is 1. The maximum Gasteiger partial charge on any atom is 0.183 e. The first-order valence-electron chi connectivity index (χ1n) is 3.93. The minimum atomic E-state index is -1.52. The number of ketones is 1. The van der Waals surface area contributed by atoms with Gasteiger partial charge in [-0.15, -0.1) is 0 Å². The van der Waals surface area contributed by atoms with E-state index in [2.05, 4.69) is 0 Å². The summed E-state index contributed by atoms with van der Waals surface area (Å²) < 4.78 is 18.0. The predicted octanol–water partition coefficient (Wildman–Crippen LogP) is 2.29. The molecule has 1 atom stereocenters. The summed E-state index contributed by atoms with van der Waals surface area (Å²) in [5.41, 5.74) is 0.369. The molecular formula is C10H11FO2. The van der Waals surface area contributed by atoms with Crippen LogP contribution >= 0.6 is 0 Å². The third-order valence-corrected chi connectivity index (χ3v) is 1.77. The van der Waals surface area contributed by atoms with E-state index in [0.29, 0.717) is 11.3 Å². The van der Waals surface area contributed by atoms with Crippen molar-refractivity contribution < 1.29 is 13.9 Å². The fourth-order valence-electron chi connectivity index (χ4n) is 1.01. The predicted molar refractivity (Wildman–Crippen MR) is 47.5 cm³/mol. The number of alkyl halides is 1. The zero-order valence-corrected chi connectivity index (χ0v) is 7.58. The SMILES string of the molecule is COc1ccc(C(F)C(C)=O)cc1. The molecule has 1 rings (SSSR count). The van der Waals surface area contributed by atoms with Crippen molar-refractivity contribution in [2.24, 2.45) is 0 Å². The van der Waals surface area contributed by atoms with Crippen molar-refractivity contribution >= 4 is 5.78 Å². The van der Waals surface area contributed by atoms with Gasteiger partial charge in [0, 0.05) is 0 Å². The summed E-state index contributed by atoms with van der Waals surface area (Å²) in [6, 6.07) is 6.35. The smallest absolute Gasteiger partial charge is 0.183 e. The first-order valence-corrected chi connectivity index (χ1v) is 3.93. The number of ether oxygens (including phenoxy) is 1. The summed E-state index contributed by atoms with van der Waals surface area (Å²) in [6.07, 6.45) is -1.52. The molecule has 1 aromatic rings. The molecule has 70 valence electrons. The molecule has 0 heterocycles. The van der Waals surface area contributed by atoms with Crippen LogP contribution in [-0.4, -0.2) is 12.9 Å². The molecule has 1 aromatic carbocycles. The molecule has 2 nitrogen and oxygen atoms in total. The van der Waals surface area contributed by atoms with Crippen LogP contribution in [0.5, 0.6) is 5.75 Å². The second kappa shape index (κ2) is 4.03. The highest BCUT2D eigenvalue weighted by molar-refractivity contribution is 5.81. The summed E-state index contributed by atoms with van der Waals surface area (Å²) in [5.74, 6) is 0.171. The van der Waals surface area contributed by atoms with E-state index in [1.807, 2.05) is 0 Å². The number of hydrogen-bond donors (Lipinski definition) is 0. The Hall–Kier alpha value is -1.38. The fourth-order valence-corrected chi connectivity index (χ4v) is 1.01. The van der Waals surface area contributed by atoms with E-state index >= 15 is 0 Å². The van der Waals surface area contributed by atoms with Crippen LogP contribution in [0.3, 0.4) is 0 Å². The fraction of sp³-hybridized carbons (Fsp3) is 0.300.